The normalized spacial score (nSPS) is 8.29. The highest BCUT2D eigenvalue weighted by atomic mass is 16.8. The van der Waals surface area contributed by atoms with E-state index >= 15 is 0 Å². The van der Waals surface area contributed by atoms with Crippen LogP contribution in [-0.4, -0.2) is 28.7 Å². The van der Waals surface area contributed by atoms with Crippen molar-refractivity contribution in [1.82, 2.24) is 0 Å². The Balaban J connectivity index is 0.000000318. The molecular weight excluding hydrogens is 232 g/mol. The third kappa shape index (κ3) is 9.73. The van der Waals surface area contributed by atoms with Crippen molar-refractivity contribution < 1.29 is 34.1 Å². The lowest BCUT2D eigenvalue weighted by atomic mass is 10.2. The molecule has 92 valence electrons. The van der Waals surface area contributed by atoms with Crippen LogP contribution in [0.1, 0.15) is 5.56 Å². The van der Waals surface area contributed by atoms with Crippen LogP contribution < -0.4 is 0 Å². The molecule has 0 amide bonds. The number of carboxylic acid groups (broad SMARTS) is 2. The van der Waals surface area contributed by atoms with Gasteiger partial charge >= 0.3 is 18.5 Å². The van der Waals surface area contributed by atoms with E-state index in [0.29, 0.717) is 0 Å². The molecule has 0 saturated carbocycles. The molecule has 0 fully saturated rings. The third-order valence-electron chi connectivity index (χ3n) is 1.28. The predicted molar refractivity (Wildman–Crippen MR) is 54.8 cm³/mol. The maximum Gasteiger partial charge on any atom is 0.528 e. The van der Waals surface area contributed by atoms with Crippen LogP contribution in [-0.2, 0) is 9.47 Å². The summed E-state index contributed by atoms with van der Waals surface area (Å²) in [5, 5.41) is 15.4. The standard InChI is InChI=1S/C7H8.C3H2O7/c1-7-5-3-2-4-6-7;4-1(5)9-3(8)10-2(6)7/h2-6H,1H3;(H,4,5)(H,6,7). The number of hydrogen-bond donors (Lipinski definition) is 2. The van der Waals surface area contributed by atoms with Gasteiger partial charge in [-0.1, -0.05) is 35.9 Å². The summed E-state index contributed by atoms with van der Waals surface area (Å²) in [4.78, 5) is 28.8. The van der Waals surface area contributed by atoms with Gasteiger partial charge in [0.15, 0.2) is 0 Å². The minimum absolute atomic E-state index is 1.32. The van der Waals surface area contributed by atoms with Crippen molar-refractivity contribution in [3.05, 3.63) is 35.9 Å². The van der Waals surface area contributed by atoms with Gasteiger partial charge in [-0.2, -0.15) is 0 Å². The van der Waals surface area contributed by atoms with Crippen molar-refractivity contribution in [2.45, 2.75) is 6.92 Å². The molecule has 0 unspecified atom stereocenters. The average Bonchev–Trinajstić information content (AvgIpc) is 2.16. The first-order chi connectivity index (χ1) is 7.91. The minimum Gasteiger partial charge on any atom is -0.449 e. The highest BCUT2D eigenvalue weighted by Gasteiger charge is 2.13. The summed E-state index contributed by atoms with van der Waals surface area (Å²) in [5.74, 6) is 0. The Hall–Kier alpha value is -2.57. The zero-order chi connectivity index (χ0) is 13.3. The van der Waals surface area contributed by atoms with Crippen molar-refractivity contribution in [1.29, 1.82) is 0 Å². The second-order valence-corrected chi connectivity index (χ2v) is 2.64. The van der Waals surface area contributed by atoms with Crippen molar-refractivity contribution in [2.24, 2.45) is 0 Å². The summed E-state index contributed by atoms with van der Waals surface area (Å²) in [5.41, 5.74) is 1.32. The van der Waals surface area contributed by atoms with Crippen molar-refractivity contribution in [3.63, 3.8) is 0 Å². The first-order valence-corrected chi connectivity index (χ1v) is 4.29. The molecule has 1 aromatic rings. The Kier molecular flexibility index (Phi) is 6.52. The van der Waals surface area contributed by atoms with Crippen LogP contribution in [0.3, 0.4) is 0 Å². The maximum absolute atomic E-state index is 9.86. The molecule has 1 aromatic carbocycles. The van der Waals surface area contributed by atoms with E-state index in [-0.39, 0.29) is 0 Å². The van der Waals surface area contributed by atoms with Crippen molar-refractivity contribution in [2.75, 3.05) is 0 Å². The Morgan fingerprint density at radius 2 is 1.35 bits per heavy atom. The zero-order valence-corrected chi connectivity index (χ0v) is 8.82. The van der Waals surface area contributed by atoms with Gasteiger partial charge in [0.25, 0.3) is 0 Å². The number of rotatable bonds is 0. The second kappa shape index (κ2) is 7.69. The van der Waals surface area contributed by atoms with Gasteiger partial charge in [0, 0.05) is 0 Å². The van der Waals surface area contributed by atoms with E-state index in [0.717, 1.165) is 0 Å². The number of benzene rings is 1. The monoisotopic (exact) mass is 242 g/mol. The zero-order valence-electron chi connectivity index (χ0n) is 8.82. The van der Waals surface area contributed by atoms with E-state index in [2.05, 4.69) is 28.5 Å². The van der Waals surface area contributed by atoms with Crippen LogP contribution in [0.5, 0.6) is 0 Å². The van der Waals surface area contributed by atoms with Gasteiger partial charge in [-0.15, -0.1) is 0 Å². The smallest absolute Gasteiger partial charge is 0.449 e. The molecular formula is C10H10O7. The largest absolute Gasteiger partial charge is 0.528 e. The number of ether oxygens (including phenoxy) is 2. The summed E-state index contributed by atoms with van der Waals surface area (Å²) in [6.07, 6.45) is -5.64. The van der Waals surface area contributed by atoms with Crippen LogP contribution in [0.4, 0.5) is 14.4 Å². The number of hydrogen-bond acceptors (Lipinski definition) is 5. The van der Waals surface area contributed by atoms with Gasteiger partial charge in [0.05, 0.1) is 0 Å². The molecule has 2 N–H and O–H groups in total. The van der Waals surface area contributed by atoms with Gasteiger partial charge in [0.1, 0.15) is 0 Å². The van der Waals surface area contributed by atoms with E-state index in [1.165, 1.54) is 5.56 Å². The lowest BCUT2D eigenvalue weighted by Gasteiger charge is -1.93. The van der Waals surface area contributed by atoms with Crippen LogP contribution in [0.15, 0.2) is 30.3 Å². The van der Waals surface area contributed by atoms with E-state index in [4.69, 9.17) is 10.2 Å². The van der Waals surface area contributed by atoms with Gasteiger partial charge in [-0.05, 0) is 6.92 Å². The number of aryl methyl sites for hydroxylation is 1. The van der Waals surface area contributed by atoms with Crippen LogP contribution in [0, 0.1) is 6.92 Å². The lowest BCUT2D eigenvalue weighted by Crippen LogP contribution is -2.14. The molecule has 0 atom stereocenters. The molecule has 0 aliphatic rings. The van der Waals surface area contributed by atoms with E-state index in [1.54, 1.807) is 0 Å². The van der Waals surface area contributed by atoms with Gasteiger partial charge < -0.3 is 19.7 Å². The summed E-state index contributed by atoms with van der Waals surface area (Å²) in [6.45, 7) is 2.08. The molecule has 0 heterocycles. The molecule has 1 rings (SSSR count). The molecule has 0 aliphatic heterocycles. The molecule has 0 aromatic heterocycles. The molecule has 0 aliphatic carbocycles. The Bertz CT molecular complexity index is 367. The molecule has 7 heteroatoms. The van der Waals surface area contributed by atoms with E-state index < -0.39 is 18.5 Å². The maximum atomic E-state index is 9.86. The molecule has 0 bridgehead atoms. The Labute approximate surface area is 96.2 Å². The third-order valence-corrected chi connectivity index (χ3v) is 1.28. The van der Waals surface area contributed by atoms with Crippen molar-refractivity contribution in [3.8, 4) is 0 Å². The van der Waals surface area contributed by atoms with Gasteiger partial charge in [0.2, 0.25) is 0 Å². The second-order valence-electron chi connectivity index (χ2n) is 2.64. The number of carbonyl (C=O) groups excluding carboxylic acids is 1. The number of carbonyl (C=O) groups is 3. The fraction of sp³-hybridized carbons (Fsp3) is 0.100. The van der Waals surface area contributed by atoms with E-state index in [9.17, 15) is 14.4 Å². The van der Waals surface area contributed by atoms with Crippen LogP contribution in [0.2, 0.25) is 0 Å². The molecule has 0 radical (unpaired) electrons. The first-order valence-electron chi connectivity index (χ1n) is 4.29. The summed E-state index contributed by atoms with van der Waals surface area (Å²) in [7, 11) is 0. The molecule has 17 heavy (non-hydrogen) atoms. The van der Waals surface area contributed by atoms with Crippen LogP contribution in [0.25, 0.3) is 0 Å². The van der Waals surface area contributed by atoms with Gasteiger partial charge in [-0.25, -0.2) is 14.4 Å². The first kappa shape index (κ1) is 14.4. The summed E-state index contributed by atoms with van der Waals surface area (Å²) in [6, 6.07) is 10.3. The van der Waals surface area contributed by atoms with E-state index in [1.807, 2.05) is 18.2 Å². The Morgan fingerprint density at radius 1 is 0.941 bits per heavy atom. The minimum atomic E-state index is -1.92. The van der Waals surface area contributed by atoms with Crippen molar-refractivity contribution >= 4 is 18.5 Å². The average molecular weight is 242 g/mol. The summed E-state index contributed by atoms with van der Waals surface area (Å²) < 4.78 is 6.47. The molecule has 7 nitrogen and oxygen atoms in total. The topological polar surface area (TPSA) is 110 Å². The van der Waals surface area contributed by atoms with Crippen LogP contribution >= 0.6 is 0 Å². The lowest BCUT2D eigenvalue weighted by molar-refractivity contribution is 0.0548. The SMILES string of the molecule is Cc1ccccc1.O=C(O)OC(=O)OC(=O)O. The quantitative estimate of drug-likeness (QED) is 0.531. The highest BCUT2D eigenvalue weighted by molar-refractivity contribution is 5.82. The van der Waals surface area contributed by atoms with Gasteiger partial charge in [-0.3, -0.25) is 0 Å². The predicted octanol–water partition coefficient (Wildman–Crippen LogP) is 2.49. The Morgan fingerprint density at radius 3 is 1.59 bits per heavy atom. The molecule has 0 saturated heterocycles. The molecule has 0 spiro atoms. The fourth-order valence-corrected chi connectivity index (χ4v) is 0.698. The fourth-order valence-electron chi connectivity index (χ4n) is 0.698. The highest BCUT2D eigenvalue weighted by Crippen LogP contribution is 1.92. The summed E-state index contributed by atoms with van der Waals surface area (Å²) >= 11 is 0.